The number of carbonyl (C=O) groups is 1. The minimum absolute atomic E-state index is 0.250. The molecule has 4 rings (SSSR count). The molecule has 1 amide bonds. The lowest BCUT2D eigenvalue weighted by atomic mass is 10.0. The maximum atomic E-state index is 12.6. The van der Waals surface area contributed by atoms with Crippen LogP contribution < -0.4 is 16.4 Å². The lowest BCUT2D eigenvalue weighted by Crippen LogP contribution is -2.27. The van der Waals surface area contributed by atoms with E-state index in [0.717, 1.165) is 30.0 Å². The number of amides is 1. The first-order valence-electron chi connectivity index (χ1n) is 8.65. The molecule has 2 heterocycles. The largest absolute Gasteiger partial charge is 0.397 e. The fourth-order valence-corrected chi connectivity index (χ4v) is 3.07. The molecule has 0 atom stereocenters. The number of anilines is 2. The van der Waals surface area contributed by atoms with Crippen LogP contribution in [0.5, 0.6) is 0 Å². The van der Waals surface area contributed by atoms with Gasteiger partial charge in [0.25, 0.3) is 5.91 Å². The standard InChI is InChI=1S/C20H21N5O/c1-13-2-4-14(5-3-13)15-6-7-16(21)17(10-15)24-20(26)18-12-25-9-8-22-11-19(25)23-18/h2-7,10,12,22H,8-9,11,21H2,1H3,(H,24,26). The number of hydrogen-bond donors (Lipinski definition) is 3. The molecule has 1 aliphatic heterocycles. The molecular formula is C20H21N5O. The smallest absolute Gasteiger partial charge is 0.275 e. The molecule has 3 aromatic rings. The van der Waals surface area contributed by atoms with E-state index in [1.165, 1.54) is 5.56 Å². The molecule has 0 radical (unpaired) electrons. The van der Waals surface area contributed by atoms with Gasteiger partial charge in [0.1, 0.15) is 11.5 Å². The Morgan fingerprint density at radius 1 is 1.19 bits per heavy atom. The normalized spacial score (nSPS) is 13.3. The molecule has 0 spiro atoms. The molecule has 4 N–H and O–H groups in total. The number of nitrogens with zero attached hydrogens (tertiary/aromatic N) is 2. The van der Waals surface area contributed by atoms with Gasteiger partial charge >= 0.3 is 0 Å². The lowest BCUT2D eigenvalue weighted by Gasteiger charge is -2.13. The van der Waals surface area contributed by atoms with Crippen molar-refractivity contribution in [3.8, 4) is 11.1 Å². The number of nitrogens with one attached hydrogen (secondary N) is 2. The number of aromatic nitrogens is 2. The molecule has 6 nitrogen and oxygen atoms in total. The summed E-state index contributed by atoms with van der Waals surface area (Å²) < 4.78 is 2.01. The van der Waals surface area contributed by atoms with Gasteiger partial charge in [-0.1, -0.05) is 35.9 Å². The Labute approximate surface area is 152 Å². The quantitative estimate of drug-likeness (QED) is 0.636. The van der Waals surface area contributed by atoms with E-state index >= 15 is 0 Å². The second kappa shape index (κ2) is 6.65. The van der Waals surface area contributed by atoms with E-state index in [-0.39, 0.29) is 5.91 Å². The molecule has 0 bridgehead atoms. The van der Waals surface area contributed by atoms with E-state index in [2.05, 4.69) is 46.8 Å². The second-order valence-corrected chi connectivity index (χ2v) is 6.53. The molecule has 0 fully saturated rings. The van der Waals surface area contributed by atoms with Crippen molar-refractivity contribution in [1.82, 2.24) is 14.9 Å². The molecule has 0 saturated heterocycles. The Morgan fingerprint density at radius 2 is 1.96 bits per heavy atom. The minimum Gasteiger partial charge on any atom is -0.397 e. The Hall–Kier alpha value is -3.12. The van der Waals surface area contributed by atoms with Crippen LogP contribution in [0.4, 0.5) is 11.4 Å². The highest BCUT2D eigenvalue weighted by atomic mass is 16.1. The first-order chi connectivity index (χ1) is 12.6. The molecule has 2 aromatic carbocycles. The number of fused-ring (bicyclic) bond motifs is 1. The van der Waals surface area contributed by atoms with Crippen molar-refractivity contribution in [2.75, 3.05) is 17.6 Å². The molecule has 1 aromatic heterocycles. The third-order valence-electron chi connectivity index (χ3n) is 4.59. The Balaban J connectivity index is 1.59. The predicted molar refractivity (Wildman–Crippen MR) is 103 cm³/mol. The van der Waals surface area contributed by atoms with Crippen LogP contribution in [0.3, 0.4) is 0 Å². The van der Waals surface area contributed by atoms with Gasteiger partial charge in [0, 0.05) is 19.3 Å². The van der Waals surface area contributed by atoms with Crippen LogP contribution in [-0.4, -0.2) is 22.0 Å². The van der Waals surface area contributed by atoms with Crippen molar-refractivity contribution in [2.24, 2.45) is 0 Å². The van der Waals surface area contributed by atoms with Crippen LogP contribution in [0.25, 0.3) is 11.1 Å². The van der Waals surface area contributed by atoms with Gasteiger partial charge in [0.15, 0.2) is 0 Å². The maximum absolute atomic E-state index is 12.6. The number of imidazole rings is 1. The van der Waals surface area contributed by atoms with Crippen molar-refractivity contribution in [3.05, 3.63) is 65.7 Å². The van der Waals surface area contributed by atoms with Crippen molar-refractivity contribution in [1.29, 1.82) is 0 Å². The van der Waals surface area contributed by atoms with Gasteiger partial charge in [0.2, 0.25) is 0 Å². The van der Waals surface area contributed by atoms with Crippen LogP contribution in [0.15, 0.2) is 48.7 Å². The van der Waals surface area contributed by atoms with Crippen LogP contribution in [-0.2, 0) is 13.1 Å². The first-order valence-corrected chi connectivity index (χ1v) is 8.65. The van der Waals surface area contributed by atoms with Gasteiger partial charge < -0.3 is 20.9 Å². The number of nitrogen functional groups attached to an aromatic ring is 1. The van der Waals surface area contributed by atoms with Crippen molar-refractivity contribution in [2.45, 2.75) is 20.0 Å². The summed E-state index contributed by atoms with van der Waals surface area (Å²) in [7, 11) is 0. The maximum Gasteiger partial charge on any atom is 0.275 e. The van der Waals surface area contributed by atoms with E-state index in [0.29, 0.717) is 23.6 Å². The number of hydrogen-bond acceptors (Lipinski definition) is 4. The zero-order chi connectivity index (χ0) is 18.1. The SMILES string of the molecule is Cc1ccc(-c2ccc(N)c(NC(=O)c3cn4c(n3)CNCC4)c2)cc1. The Kier molecular flexibility index (Phi) is 4.18. The van der Waals surface area contributed by atoms with Gasteiger partial charge in [-0.05, 0) is 30.2 Å². The van der Waals surface area contributed by atoms with Gasteiger partial charge in [0.05, 0.1) is 17.9 Å². The molecule has 1 aliphatic rings. The predicted octanol–water partition coefficient (Wildman–Crippen LogP) is 2.80. The average Bonchev–Trinajstić information content (AvgIpc) is 3.09. The highest BCUT2D eigenvalue weighted by Gasteiger charge is 2.17. The van der Waals surface area contributed by atoms with E-state index in [9.17, 15) is 4.79 Å². The Morgan fingerprint density at radius 3 is 2.73 bits per heavy atom. The number of benzene rings is 2. The topological polar surface area (TPSA) is 85.0 Å². The monoisotopic (exact) mass is 347 g/mol. The summed E-state index contributed by atoms with van der Waals surface area (Å²) in [6, 6.07) is 13.9. The fraction of sp³-hybridized carbons (Fsp3) is 0.200. The number of carbonyl (C=O) groups excluding carboxylic acids is 1. The molecule has 132 valence electrons. The Bertz CT molecular complexity index is 935. The molecular weight excluding hydrogens is 326 g/mol. The van der Waals surface area contributed by atoms with Crippen LogP contribution in [0.1, 0.15) is 21.9 Å². The van der Waals surface area contributed by atoms with Crippen molar-refractivity contribution < 1.29 is 4.79 Å². The van der Waals surface area contributed by atoms with Crippen LogP contribution >= 0.6 is 0 Å². The summed E-state index contributed by atoms with van der Waals surface area (Å²) in [6.45, 7) is 4.44. The summed E-state index contributed by atoms with van der Waals surface area (Å²) in [5.74, 6) is 0.627. The zero-order valence-electron chi connectivity index (χ0n) is 14.6. The fourth-order valence-electron chi connectivity index (χ4n) is 3.07. The number of aryl methyl sites for hydroxylation is 1. The molecule has 0 aliphatic carbocycles. The van der Waals surface area contributed by atoms with Gasteiger partial charge in [-0.25, -0.2) is 4.98 Å². The van der Waals surface area contributed by atoms with E-state index < -0.39 is 0 Å². The molecule has 0 saturated carbocycles. The van der Waals surface area contributed by atoms with E-state index in [4.69, 9.17) is 5.73 Å². The highest BCUT2D eigenvalue weighted by molar-refractivity contribution is 6.04. The first kappa shape index (κ1) is 16.4. The summed E-state index contributed by atoms with van der Waals surface area (Å²) in [5.41, 5.74) is 10.9. The highest BCUT2D eigenvalue weighted by Crippen LogP contribution is 2.28. The van der Waals surface area contributed by atoms with Gasteiger partial charge in [-0.2, -0.15) is 0 Å². The van der Waals surface area contributed by atoms with Crippen molar-refractivity contribution >= 4 is 17.3 Å². The second-order valence-electron chi connectivity index (χ2n) is 6.53. The summed E-state index contributed by atoms with van der Waals surface area (Å²) in [5, 5.41) is 6.14. The van der Waals surface area contributed by atoms with Crippen LogP contribution in [0.2, 0.25) is 0 Å². The summed E-state index contributed by atoms with van der Waals surface area (Å²) in [4.78, 5) is 17.0. The molecule has 6 heteroatoms. The molecule has 0 unspecified atom stereocenters. The number of rotatable bonds is 3. The number of nitrogens with two attached hydrogens (primary N) is 1. The average molecular weight is 347 g/mol. The minimum atomic E-state index is -0.250. The summed E-state index contributed by atoms with van der Waals surface area (Å²) >= 11 is 0. The molecule has 26 heavy (non-hydrogen) atoms. The van der Waals surface area contributed by atoms with Gasteiger partial charge in [-0.15, -0.1) is 0 Å². The van der Waals surface area contributed by atoms with Crippen molar-refractivity contribution in [3.63, 3.8) is 0 Å². The van der Waals surface area contributed by atoms with E-state index in [1.54, 1.807) is 6.20 Å². The lowest BCUT2D eigenvalue weighted by molar-refractivity contribution is 0.102. The summed E-state index contributed by atoms with van der Waals surface area (Å²) in [6.07, 6.45) is 1.80. The van der Waals surface area contributed by atoms with Crippen LogP contribution in [0, 0.1) is 6.92 Å². The third kappa shape index (κ3) is 3.19. The van der Waals surface area contributed by atoms with E-state index in [1.807, 2.05) is 22.8 Å². The zero-order valence-corrected chi connectivity index (χ0v) is 14.6. The van der Waals surface area contributed by atoms with Gasteiger partial charge in [-0.3, -0.25) is 4.79 Å². The third-order valence-corrected chi connectivity index (χ3v) is 4.59.